The Hall–Kier alpha value is -1.83. The number of alkyl halides is 1. The third kappa shape index (κ3) is 10.5. The second-order valence-corrected chi connectivity index (χ2v) is 5.01. The van der Waals surface area contributed by atoms with Crippen molar-refractivity contribution in [1.82, 2.24) is 21.3 Å². The van der Waals surface area contributed by atoms with Gasteiger partial charge in [0, 0.05) is 32.5 Å². The van der Waals surface area contributed by atoms with Crippen molar-refractivity contribution >= 4 is 35.2 Å². The summed E-state index contributed by atoms with van der Waals surface area (Å²) in [6.07, 6.45) is 0.909. The van der Waals surface area contributed by atoms with Crippen molar-refractivity contribution in [2.24, 2.45) is 0 Å². The summed E-state index contributed by atoms with van der Waals surface area (Å²) in [5, 5.41) is 10.4. The van der Waals surface area contributed by atoms with E-state index in [9.17, 15) is 19.2 Å². The lowest BCUT2D eigenvalue weighted by molar-refractivity contribution is -0.129. The molecule has 4 amide bonds. The van der Waals surface area contributed by atoms with Crippen molar-refractivity contribution in [1.29, 1.82) is 0 Å². The highest BCUT2D eigenvalue weighted by Crippen LogP contribution is 1.94. The lowest BCUT2D eigenvalue weighted by Gasteiger charge is -2.18. The third-order valence-electron chi connectivity index (χ3n) is 2.92. The van der Waals surface area contributed by atoms with Crippen LogP contribution in [0.4, 0.5) is 0 Å². The average Bonchev–Trinajstić information content (AvgIpc) is 2.56. The number of carbonyl (C=O) groups is 4. The molecule has 1 unspecified atom stereocenters. The molecule has 0 fully saturated rings. The second kappa shape index (κ2) is 12.7. The number of nitrogens with one attached hydrogen (secondary N) is 4. The molecular weight excluding hydrogens is 324 g/mol. The maximum atomic E-state index is 12.1. The highest BCUT2D eigenvalue weighted by Gasteiger charge is 2.19. The van der Waals surface area contributed by atoms with Crippen LogP contribution in [0.1, 0.15) is 33.1 Å². The van der Waals surface area contributed by atoms with E-state index in [1.54, 1.807) is 13.8 Å². The van der Waals surface area contributed by atoms with Gasteiger partial charge < -0.3 is 21.3 Å². The average molecular weight is 349 g/mol. The summed E-state index contributed by atoms with van der Waals surface area (Å²) in [5.41, 5.74) is 0. The summed E-state index contributed by atoms with van der Waals surface area (Å²) in [4.78, 5) is 45.7. The van der Waals surface area contributed by atoms with Gasteiger partial charge in [-0.3, -0.25) is 19.2 Å². The maximum absolute atomic E-state index is 12.1. The number of rotatable bonds is 11. The SMILES string of the molecule is CCC(=O)NCCC(NC(=O)CC)C(=O)NCCNC(=O)CCl. The molecule has 1 atom stereocenters. The Morgan fingerprint density at radius 1 is 0.826 bits per heavy atom. The lowest BCUT2D eigenvalue weighted by Crippen LogP contribution is -2.49. The van der Waals surface area contributed by atoms with Crippen LogP contribution in [0.5, 0.6) is 0 Å². The van der Waals surface area contributed by atoms with E-state index < -0.39 is 6.04 Å². The Bertz CT molecular complexity index is 418. The van der Waals surface area contributed by atoms with Crippen molar-refractivity contribution < 1.29 is 19.2 Å². The van der Waals surface area contributed by atoms with Crippen LogP contribution in [0, 0.1) is 0 Å². The van der Waals surface area contributed by atoms with Gasteiger partial charge in [-0.1, -0.05) is 13.8 Å². The highest BCUT2D eigenvalue weighted by atomic mass is 35.5. The molecule has 0 aliphatic rings. The fourth-order valence-electron chi connectivity index (χ4n) is 1.60. The first-order valence-corrected chi connectivity index (χ1v) is 8.14. The fourth-order valence-corrected chi connectivity index (χ4v) is 1.70. The molecule has 0 saturated carbocycles. The van der Waals surface area contributed by atoms with Crippen molar-refractivity contribution in [2.75, 3.05) is 25.5 Å². The van der Waals surface area contributed by atoms with Crippen LogP contribution in [-0.4, -0.2) is 55.2 Å². The largest absolute Gasteiger partial charge is 0.356 e. The molecule has 23 heavy (non-hydrogen) atoms. The molecule has 0 saturated heterocycles. The van der Waals surface area contributed by atoms with Crippen LogP contribution >= 0.6 is 11.6 Å². The number of halogens is 1. The summed E-state index contributed by atoms with van der Waals surface area (Å²) < 4.78 is 0. The van der Waals surface area contributed by atoms with Gasteiger partial charge >= 0.3 is 0 Å². The molecule has 0 aliphatic carbocycles. The molecule has 0 aromatic carbocycles. The molecule has 0 aromatic rings. The van der Waals surface area contributed by atoms with Gasteiger partial charge in [-0.2, -0.15) is 0 Å². The van der Waals surface area contributed by atoms with Gasteiger partial charge in [0.05, 0.1) is 0 Å². The highest BCUT2D eigenvalue weighted by molar-refractivity contribution is 6.27. The molecule has 9 heteroatoms. The molecular formula is C14H25ClN4O4. The number of hydrogen-bond acceptors (Lipinski definition) is 4. The number of hydrogen-bond donors (Lipinski definition) is 4. The summed E-state index contributed by atoms with van der Waals surface area (Å²) in [6.45, 7) is 4.18. The minimum atomic E-state index is -0.733. The molecule has 4 N–H and O–H groups in total. The van der Waals surface area contributed by atoms with Gasteiger partial charge in [0.25, 0.3) is 0 Å². The van der Waals surface area contributed by atoms with E-state index in [4.69, 9.17) is 11.6 Å². The van der Waals surface area contributed by atoms with Crippen molar-refractivity contribution in [2.45, 2.75) is 39.2 Å². The maximum Gasteiger partial charge on any atom is 0.242 e. The summed E-state index contributed by atoms with van der Waals surface area (Å²) >= 11 is 5.33. The molecule has 0 heterocycles. The number of amides is 4. The van der Waals surface area contributed by atoms with Crippen LogP contribution in [-0.2, 0) is 19.2 Å². The standard InChI is InChI=1S/C14H25ClN4O4/c1-3-11(20)16-6-5-10(19-12(21)4-2)14(23)18-8-7-17-13(22)9-15/h10H,3-9H2,1-2H3,(H,16,20)(H,17,22)(H,18,23)(H,19,21). The molecule has 0 rings (SSSR count). The molecule has 132 valence electrons. The summed E-state index contributed by atoms with van der Waals surface area (Å²) in [7, 11) is 0. The van der Waals surface area contributed by atoms with Crippen LogP contribution in [0.15, 0.2) is 0 Å². The van der Waals surface area contributed by atoms with E-state index in [0.717, 1.165) is 0 Å². The van der Waals surface area contributed by atoms with Crippen LogP contribution in [0.2, 0.25) is 0 Å². The van der Waals surface area contributed by atoms with Gasteiger partial charge in [0.2, 0.25) is 23.6 Å². The first kappa shape index (κ1) is 21.2. The third-order valence-corrected chi connectivity index (χ3v) is 3.16. The Morgan fingerprint density at radius 3 is 1.96 bits per heavy atom. The van der Waals surface area contributed by atoms with Gasteiger partial charge in [-0.15, -0.1) is 11.6 Å². The summed E-state index contributed by atoms with van der Waals surface area (Å²) in [6, 6.07) is -0.733. The van der Waals surface area contributed by atoms with Crippen molar-refractivity contribution in [3.8, 4) is 0 Å². The van der Waals surface area contributed by atoms with Gasteiger partial charge in [0.15, 0.2) is 0 Å². The van der Waals surface area contributed by atoms with E-state index in [-0.39, 0.29) is 62.0 Å². The molecule has 0 bridgehead atoms. The molecule has 0 spiro atoms. The number of carbonyl (C=O) groups excluding carboxylic acids is 4. The Morgan fingerprint density at radius 2 is 1.39 bits per heavy atom. The van der Waals surface area contributed by atoms with Gasteiger partial charge in [-0.05, 0) is 6.42 Å². The Balaban J connectivity index is 4.30. The Kier molecular flexibility index (Phi) is 11.7. The molecule has 8 nitrogen and oxygen atoms in total. The van der Waals surface area contributed by atoms with E-state index in [0.29, 0.717) is 6.42 Å². The molecule has 0 aromatic heterocycles. The smallest absolute Gasteiger partial charge is 0.242 e. The van der Waals surface area contributed by atoms with Crippen LogP contribution in [0.3, 0.4) is 0 Å². The molecule has 0 aliphatic heterocycles. The zero-order valence-corrected chi connectivity index (χ0v) is 14.3. The minimum absolute atomic E-state index is 0.116. The van der Waals surface area contributed by atoms with Crippen molar-refractivity contribution in [3.63, 3.8) is 0 Å². The lowest BCUT2D eigenvalue weighted by atomic mass is 10.1. The molecule has 0 radical (unpaired) electrons. The van der Waals surface area contributed by atoms with Crippen molar-refractivity contribution in [3.05, 3.63) is 0 Å². The predicted octanol–water partition coefficient (Wildman–Crippen LogP) is -0.731. The predicted molar refractivity (Wildman–Crippen MR) is 86.9 cm³/mol. The Labute approximate surface area is 141 Å². The van der Waals surface area contributed by atoms with E-state index in [2.05, 4.69) is 21.3 Å². The van der Waals surface area contributed by atoms with E-state index in [1.807, 2.05) is 0 Å². The van der Waals surface area contributed by atoms with E-state index in [1.165, 1.54) is 0 Å². The fraction of sp³-hybridized carbons (Fsp3) is 0.714. The quantitative estimate of drug-likeness (QED) is 0.291. The topological polar surface area (TPSA) is 116 Å². The van der Waals surface area contributed by atoms with E-state index >= 15 is 0 Å². The first-order valence-electron chi connectivity index (χ1n) is 7.60. The zero-order chi connectivity index (χ0) is 17.7. The monoisotopic (exact) mass is 348 g/mol. The van der Waals surface area contributed by atoms with Gasteiger partial charge in [0.1, 0.15) is 11.9 Å². The zero-order valence-electron chi connectivity index (χ0n) is 13.5. The van der Waals surface area contributed by atoms with Gasteiger partial charge in [-0.25, -0.2) is 0 Å². The normalized spacial score (nSPS) is 11.3. The first-order chi connectivity index (χ1) is 10.9. The van der Waals surface area contributed by atoms with Crippen LogP contribution < -0.4 is 21.3 Å². The summed E-state index contributed by atoms with van der Waals surface area (Å²) in [5.74, 6) is -1.19. The minimum Gasteiger partial charge on any atom is -0.356 e. The van der Waals surface area contributed by atoms with Crippen LogP contribution in [0.25, 0.3) is 0 Å². The second-order valence-electron chi connectivity index (χ2n) is 4.74.